The van der Waals surface area contributed by atoms with Gasteiger partial charge in [-0.1, -0.05) is 18.2 Å². The number of rotatable bonds is 2. The molecule has 78 valence electrons. The minimum atomic E-state index is -0.259. The molecule has 2 fully saturated rings. The van der Waals surface area contributed by atoms with E-state index in [2.05, 4.69) is 17.0 Å². The van der Waals surface area contributed by atoms with Gasteiger partial charge in [0.1, 0.15) is 0 Å². The van der Waals surface area contributed by atoms with Crippen LogP contribution in [-0.4, -0.2) is 24.1 Å². The lowest BCUT2D eigenvalue weighted by Crippen LogP contribution is -2.27. The average Bonchev–Trinajstić information content (AvgIpc) is 2.77. The van der Waals surface area contributed by atoms with Gasteiger partial charge in [-0.15, -0.1) is 0 Å². The smallest absolute Gasteiger partial charge is 0.223 e. The van der Waals surface area contributed by atoms with Crippen LogP contribution in [0.15, 0.2) is 30.3 Å². The Bertz CT molecular complexity index is 381. The van der Waals surface area contributed by atoms with Crippen molar-refractivity contribution in [3.05, 3.63) is 40.4 Å². The van der Waals surface area contributed by atoms with Gasteiger partial charge in [0.05, 0.1) is 11.8 Å². The molecule has 1 aliphatic heterocycles. The van der Waals surface area contributed by atoms with E-state index in [-0.39, 0.29) is 11.0 Å². The predicted molar refractivity (Wildman–Crippen MR) is 56.4 cm³/mol. The van der Waals surface area contributed by atoms with Crippen LogP contribution in [0.2, 0.25) is 0 Å². The van der Waals surface area contributed by atoms with Crippen LogP contribution in [0.1, 0.15) is 0 Å². The highest BCUT2D eigenvalue weighted by Gasteiger charge is 2.64. The molecule has 1 saturated heterocycles. The van der Waals surface area contributed by atoms with Crippen molar-refractivity contribution in [2.75, 3.05) is 18.0 Å². The zero-order valence-corrected chi connectivity index (χ0v) is 8.24. The number of piperidine rings is 1. The quantitative estimate of drug-likeness (QED) is 0.540. The lowest BCUT2D eigenvalue weighted by molar-refractivity contribution is -0.501. The first-order valence-electron chi connectivity index (χ1n) is 5.21. The summed E-state index contributed by atoms with van der Waals surface area (Å²) < 4.78 is 0. The van der Waals surface area contributed by atoms with Crippen molar-refractivity contribution in [3.8, 4) is 0 Å². The number of nitro groups is 1. The van der Waals surface area contributed by atoms with Gasteiger partial charge in [0, 0.05) is 23.7 Å². The number of para-hydroxylation sites is 1. The summed E-state index contributed by atoms with van der Waals surface area (Å²) in [4.78, 5) is 12.7. The molecule has 0 bridgehead atoms. The van der Waals surface area contributed by atoms with Crippen molar-refractivity contribution >= 4 is 5.69 Å². The minimum Gasteiger partial charge on any atom is -0.370 e. The average molecular weight is 204 g/mol. The summed E-state index contributed by atoms with van der Waals surface area (Å²) in [5.74, 6) is 0.584. The number of hydrogen-bond donors (Lipinski definition) is 0. The van der Waals surface area contributed by atoms with Crippen molar-refractivity contribution in [1.82, 2.24) is 0 Å². The number of nitrogens with zero attached hydrogens (tertiary/aromatic N) is 2. The lowest BCUT2D eigenvalue weighted by atomic mass is 10.3. The first-order chi connectivity index (χ1) is 7.27. The van der Waals surface area contributed by atoms with Crippen molar-refractivity contribution in [3.63, 3.8) is 0 Å². The molecule has 1 aromatic carbocycles. The highest BCUT2D eigenvalue weighted by Crippen LogP contribution is 2.48. The Balaban J connectivity index is 1.70. The third-order valence-corrected chi connectivity index (χ3v) is 3.51. The fourth-order valence-corrected chi connectivity index (χ4v) is 2.66. The highest BCUT2D eigenvalue weighted by atomic mass is 16.6. The fraction of sp³-hybridized carbons (Fsp3) is 0.455. The fourth-order valence-electron chi connectivity index (χ4n) is 2.66. The van der Waals surface area contributed by atoms with Crippen molar-refractivity contribution in [1.29, 1.82) is 0 Å². The molecule has 2 unspecified atom stereocenters. The van der Waals surface area contributed by atoms with E-state index >= 15 is 0 Å². The lowest BCUT2D eigenvalue weighted by Gasteiger charge is -2.20. The molecule has 15 heavy (non-hydrogen) atoms. The second-order valence-electron chi connectivity index (χ2n) is 4.34. The van der Waals surface area contributed by atoms with E-state index in [4.69, 9.17) is 0 Å². The number of anilines is 1. The molecule has 3 rings (SSSR count). The summed E-state index contributed by atoms with van der Waals surface area (Å²) in [5, 5.41) is 10.6. The Morgan fingerprint density at radius 3 is 2.33 bits per heavy atom. The maximum absolute atomic E-state index is 10.6. The van der Waals surface area contributed by atoms with Crippen LogP contribution in [0, 0.1) is 22.0 Å². The standard InChI is InChI=1S/C11H12N2O2/c14-13(15)11-9-6-12(7-10(9)11)8-4-2-1-3-5-8/h1-5,9-11H,6-7H2. The normalized spacial score (nSPS) is 32.5. The van der Waals surface area contributed by atoms with Crippen LogP contribution < -0.4 is 4.90 Å². The minimum absolute atomic E-state index is 0.113. The van der Waals surface area contributed by atoms with Gasteiger partial charge in [0.2, 0.25) is 6.04 Å². The second-order valence-corrected chi connectivity index (χ2v) is 4.34. The van der Waals surface area contributed by atoms with Gasteiger partial charge in [-0.3, -0.25) is 10.1 Å². The number of fused-ring (bicyclic) bond motifs is 1. The Hall–Kier alpha value is -1.58. The third-order valence-electron chi connectivity index (χ3n) is 3.51. The second kappa shape index (κ2) is 2.95. The van der Waals surface area contributed by atoms with Crippen molar-refractivity contribution < 1.29 is 4.92 Å². The van der Waals surface area contributed by atoms with E-state index in [0.717, 1.165) is 13.1 Å². The summed E-state index contributed by atoms with van der Waals surface area (Å²) in [6.45, 7) is 1.70. The van der Waals surface area contributed by atoms with Gasteiger partial charge in [-0.25, -0.2) is 0 Å². The van der Waals surface area contributed by atoms with Crippen LogP contribution in [-0.2, 0) is 0 Å². The van der Waals surface area contributed by atoms with Crippen LogP contribution in [0.4, 0.5) is 5.69 Å². The van der Waals surface area contributed by atoms with Gasteiger partial charge >= 0.3 is 0 Å². The largest absolute Gasteiger partial charge is 0.370 e. The van der Waals surface area contributed by atoms with Gasteiger partial charge in [0.15, 0.2) is 0 Å². The zero-order valence-electron chi connectivity index (χ0n) is 8.24. The molecule has 2 atom stereocenters. The summed E-state index contributed by atoms with van der Waals surface area (Å²) in [5.41, 5.74) is 1.19. The van der Waals surface area contributed by atoms with Gasteiger partial charge < -0.3 is 4.90 Å². The molecule has 0 radical (unpaired) electrons. The number of benzene rings is 1. The molecule has 1 heterocycles. The van der Waals surface area contributed by atoms with E-state index in [9.17, 15) is 10.1 Å². The molecule has 1 aromatic rings. The summed E-state index contributed by atoms with van der Waals surface area (Å²) in [6.07, 6.45) is 0. The topological polar surface area (TPSA) is 46.4 Å². The van der Waals surface area contributed by atoms with Crippen LogP contribution >= 0.6 is 0 Å². The van der Waals surface area contributed by atoms with Gasteiger partial charge in [-0.05, 0) is 12.1 Å². The summed E-state index contributed by atoms with van der Waals surface area (Å²) in [7, 11) is 0. The predicted octanol–water partition coefficient (Wildman–Crippen LogP) is 1.40. The summed E-state index contributed by atoms with van der Waals surface area (Å²) >= 11 is 0. The molecule has 0 spiro atoms. The Labute approximate surface area is 87.7 Å². The van der Waals surface area contributed by atoms with Gasteiger partial charge in [0.25, 0.3) is 0 Å². The molecule has 0 N–H and O–H groups in total. The molecular weight excluding hydrogens is 192 g/mol. The summed E-state index contributed by atoms with van der Waals surface area (Å²) in [6, 6.07) is 9.86. The Morgan fingerprint density at radius 1 is 1.20 bits per heavy atom. The van der Waals surface area contributed by atoms with Crippen molar-refractivity contribution in [2.45, 2.75) is 6.04 Å². The molecule has 4 heteroatoms. The van der Waals surface area contributed by atoms with Crippen LogP contribution in [0.25, 0.3) is 0 Å². The Morgan fingerprint density at radius 2 is 1.80 bits per heavy atom. The van der Waals surface area contributed by atoms with Gasteiger partial charge in [-0.2, -0.15) is 0 Å². The molecule has 1 saturated carbocycles. The molecule has 1 aliphatic carbocycles. The first-order valence-corrected chi connectivity index (χ1v) is 5.21. The van der Waals surface area contributed by atoms with E-state index < -0.39 is 0 Å². The molecule has 4 nitrogen and oxygen atoms in total. The Kier molecular flexibility index (Phi) is 1.71. The molecule has 0 amide bonds. The zero-order chi connectivity index (χ0) is 10.4. The monoisotopic (exact) mass is 204 g/mol. The van der Waals surface area contributed by atoms with E-state index in [1.807, 2.05) is 18.2 Å². The number of hydrogen-bond acceptors (Lipinski definition) is 3. The molecular formula is C11H12N2O2. The first kappa shape index (κ1) is 8.71. The van der Waals surface area contributed by atoms with E-state index in [1.54, 1.807) is 0 Å². The van der Waals surface area contributed by atoms with Crippen LogP contribution in [0.5, 0.6) is 0 Å². The van der Waals surface area contributed by atoms with E-state index in [0.29, 0.717) is 11.8 Å². The highest BCUT2D eigenvalue weighted by molar-refractivity contribution is 5.48. The molecule has 2 aliphatic rings. The molecule has 0 aromatic heterocycles. The third kappa shape index (κ3) is 1.28. The maximum Gasteiger partial charge on any atom is 0.223 e. The van der Waals surface area contributed by atoms with Crippen LogP contribution in [0.3, 0.4) is 0 Å². The van der Waals surface area contributed by atoms with Crippen molar-refractivity contribution in [2.24, 2.45) is 11.8 Å². The maximum atomic E-state index is 10.6. The van der Waals surface area contributed by atoms with E-state index in [1.165, 1.54) is 5.69 Å². The SMILES string of the molecule is O=[N+]([O-])C1C2CN(c3ccccc3)CC21.